The van der Waals surface area contributed by atoms with Crippen molar-refractivity contribution in [2.24, 2.45) is 0 Å². The lowest BCUT2D eigenvalue weighted by atomic mass is 10.2. The molecule has 0 N–H and O–H groups in total. The molecule has 1 unspecified atom stereocenters. The van der Waals surface area contributed by atoms with E-state index in [1.807, 2.05) is 12.3 Å². The van der Waals surface area contributed by atoms with Gasteiger partial charge in [0.25, 0.3) is 0 Å². The van der Waals surface area contributed by atoms with Crippen LogP contribution in [-0.4, -0.2) is 13.1 Å². The Bertz CT molecular complexity index is 449. The lowest BCUT2D eigenvalue weighted by Gasteiger charge is -2.38. The SMILES string of the molecule is CC(C)[Si](C#CC(Br)c1cccnc1)(C(C)C)C(C)C. The van der Waals surface area contributed by atoms with E-state index in [-0.39, 0.29) is 4.83 Å². The van der Waals surface area contributed by atoms with Crippen molar-refractivity contribution in [1.29, 1.82) is 0 Å². The van der Waals surface area contributed by atoms with Crippen molar-refractivity contribution in [3.63, 3.8) is 0 Å². The molecule has 0 aliphatic carbocycles. The van der Waals surface area contributed by atoms with Gasteiger partial charge in [-0.3, -0.25) is 4.98 Å². The predicted molar refractivity (Wildman–Crippen MR) is 94.7 cm³/mol. The fraction of sp³-hybridized carbons (Fsp3) is 0.588. The van der Waals surface area contributed by atoms with E-state index in [1.165, 1.54) is 0 Å². The van der Waals surface area contributed by atoms with Crippen molar-refractivity contribution in [2.45, 2.75) is 63.0 Å². The largest absolute Gasteiger partial charge is 0.264 e. The molecule has 0 spiro atoms. The third kappa shape index (κ3) is 3.74. The zero-order chi connectivity index (χ0) is 15.3. The van der Waals surface area contributed by atoms with Gasteiger partial charge in [-0.05, 0) is 28.3 Å². The Balaban J connectivity index is 3.12. The summed E-state index contributed by atoms with van der Waals surface area (Å²) >= 11 is 3.69. The highest BCUT2D eigenvalue weighted by molar-refractivity contribution is 9.09. The quantitative estimate of drug-likeness (QED) is 0.383. The summed E-state index contributed by atoms with van der Waals surface area (Å²) in [7, 11) is -1.63. The minimum atomic E-state index is -1.63. The summed E-state index contributed by atoms with van der Waals surface area (Å²) in [4.78, 5) is 4.25. The molecule has 3 heteroatoms. The highest BCUT2D eigenvalue weighted by Crippen LogP contribution is 2.41. The van der Waals surface area contributed by atoms with Crippen LogP contribution in [-0.2, 0) is 0 Å². The lowest BCUT2D eigenvalue weighted by molar-refractivity contribution is 0.838. The number of nitrogens with zero attached hydrogens (tertiary/aromatic N) is 1. The molecule has 0 amide bonds. The van der Waals surface area contributed by atoms with Crippen LogP contribution in [0.15, 0.2) is 24.5 Å². The molecule has 0 aliphatic rings. The first-order chi connectivity index (χ1) is 9.32. The molecule has 1 nitrogen and oxygen atoms in total. The number of aromatic nitrogens is 1. The van der Waals surface area contributed by atoms with E-state index >= 15 is 0 Å². The van der Waals surface area contributed by atoms with Gasteiger partial charge in [0, 0.05) is 12.4 Å². The fourth-order valence-electron chi connectivity index (χ4n) is 3.23. The van der Waals surface area contributed by atoms with Gasteiger partial charge < -0.3 is 0 Å². The molecule has 110 valence electrons. The van der Waals surface area contributed by atoms with Crippen LogP contribution in [0.3, 0.4) is 0 Å². The highest BCUT2D eigenvalue weighted by atomic mass is 79.9. The first-order valence-electron chi connectivity index (χ1n) is 7.39. The first-order valence-corrected chi connectivity index (χ1v) is 10.5. The topological polar surface area (TPSA) is 12.9 Å². The van der Waals surface area contributed by atoms with Gasteiger partial charge in [0.1, 0.15) is 12.9 Å². The standard InChI is InChI=1S/C17H26BrNSi/c1-13(2)20(14(3)4,15(5)6)11-9-17(18)16-8-7-10-19-12-16/h7-8,10,12-15,17H,1-6H3. The normalized spacial score (nSPS) is 13.5. The Morgan fingerprint density at radius 2 is 1.60 bits per heavy atom. The van der Waals surface area contributed by atoms with Crippen LogP contribution in [0.2, 0.25) is 16.6 Å². The molecule has 20 heavy (non-hydrogen) atoms. The second-order valence-corrected chi connectivity index (χ2v) is 12.8. The van der Waals surface area contributed by atoms with Crippen LogP contribution < -0.4 is 0 Å². The van der Waals surface area contributed by atoms with E-state index in [0.29, 0.717) is 16.6 Å². The molecule has 1 heterocycles. The van der Waals surface area contributed by atoms with Crippen molar-refractivity contribution >= 4 is 24.0 Å². The van der Waals surface area contributed by atoms with Crippen LogP contribution in [0, 0.1) is 11.5 Å². The van der Waals surface area contributed by atoms with Gasteiger partial charge in [-0.2, -0.15) is 0 Å². The Morgan fingerprint density at radius 3 is 2.00 bits per heavy atom. The Hall–Kier alpha value is -0.593. The molecule has 0 aromatic carbocycles. The van der Waals surface area contributed by atoms with Gasteiger partial charge in [-0.15, -0.1) is 5.54 Å². The molecule has 1 aromatic rings. The molecule has 1 atom stereocenters. The van der Waals surface area contributed by atoms with Crippen molar-refractivity contribution in [2.75, 3.05) is 0 Å². The van der Waals surface area contributed by atoms with Crippen molar-refractivity contribution in [3.8, 4) is 11.5 Å². The van der Waals surface area contributed by atoms with Gasteiger partial charge in [0.2, 0.25) is 0 Å². The Morgan fingerprint density at radius 1 is 1.05 bits per heavy atom. The van der Waals surface area contributed by atoms with Gasteiger partial charge >= 0.3 is 0 Å². The molecule has 0 saturated carbocycles. The van der Waals surface area contributed by atoms with E-state index in [1.54, 1.807) is 6.20 Å². The molecule has 1 aromatic heterocycles. The highest BCUT2D eigenvalue weighted by Gasteiger charge is 2.41. The summed E-state index contributed by atoms with van der Waals surface area (Å²) in [6.45, 7) is 14.0. The number of halogens is 1. The zero-order valence-electron chi connectivity index (χ0n) is 13.4. The number of pyridine rings is 1. The van der Waals surface area contributed by atoms with Crippen LogP contribution in [0.4, 0.5) is 0 Å². The van der Waals surface area contributed by atoms with Gasteiger partial charge in [-0.25, -0.2) is 0 Å². The number of rotatable bonds is 4. The van der Waals surface area contributed by atoms with Crippen LogP contribution in [0.25, 0.3) is 0 Å². The molecular weight excluding hydrogens is 326 g/mol. The maximum atomic E-state index is 4.17. The second-order valence-electron chi connectivity index (χ2n) is 6.32. The average molecular weight is 352 g/mol. The first kappa shape index (κ1) is 17.5. The van der Waals surface area contributed by atoms with Crippen LogP contribution in [0.5, 0.6) is 0 Å². The summed E-state index contributed by atoms with van der Waals surface area (Å²) in [5.74, 6) is 3.47. The smallest absolute Gasteiger partial charge is 0.146 e. The minimum absolute atomic E-state index is 0.0827. The van der Waals surface area contributed by atoms with Crippen LogP contribution in [0.1, 0.15) is 51.9 Å². The molecule has 0 radical (unpaired) electrons. The fourth-order valence-corrected chi connectivity index (χ4v) is 9.09. The summed E-state index contributed by atoms with van der Waals surface area (Å²) in [6, 6.07) is 4.04. The molecule has 0 fully saturated rings. The number of hydrogen-bond acceptors (Lipinski definition) is 1. The van der Waals surface area contributed by atoms with E-state index in [0.717, 1.165) is 5.56 Å². The maximum absolute atomic E-state index is 4.17. The van der Waals surface area contributed by atoms with Crippen molar-refractivity contribution in [1.82, 2.24) is 4.98 Å². The van der Waals surface area contributed by atoms with E-state index in [4.69, 9.17) is 0 Å². The summed E-state index contributed by atoms with van der Waals surface area (Å²) in [5.41, 5.74) is 6.89. The van der Waals surface area contributed by atoms with E-state index in [2.05, 4.69) is 80.0 Å². The maximum Gasteiger partial charge on any atom is 0.146 e. The molecule has 0 aliphatic heterocycles. The number of alkyl halides is 1. The van der Waals surface area contributed by atoms with Gasteiger partial charge in [0.05, 0.1) is 0 Å². The molecule has 1 rings (SSSR count). The Labute approximate surface area is 133 Å². The second kappa shape index (κ2) is 7.43. The molecular formula is C17H26BrNSi. The lowest BCUT2D eigenvalue weighted by Crippen LogP contribution is -2.43. The minimum Gasteiger partial charge on any atom is -0.264 e. The Kier molecular flexibility index (Phi) is 6.48. The molecule has 0 bridgehead atoms. The van der Waals surface area contributed by atoms with E-state index in [9.17, 15) is 0 Å². The summed E-state index contributed by atoms with van der Waals surface area (Å²) in [6.07, 6.45) is 3.68. The third-order valence-electron chi connectivity index (χ3n) is 4.26. The average Bonchev–Trinajstić information content (AvgIpc) is 2.38. The van der Waals surface area contributed by atoms with Crippen LogP contribution >= 0.6 is 15.9 Å². The van der Waals surface area contributed by atoms with E-state index < -0.39 is 8.07 Å². The van der Waals surface area contributed by atoms with Crippen molar-refractivity contribution in [3.05, 3.63) is 30.1 Å². The monoisotopic (exact) mass is 351 g/mol. The summed E-state index contributed by atoms with van der Waals surface area (Å²) < 4.78 is 0. The molecule has 0 saturated heterocycles. The zero-order valence-corrected chi connectivity index (χ0v) is 16.0. The van der Waals surface area contributed by atoms with Crippen molar-refractivity contribution < 1.29 is 0 Å². The number of hydrogen-bond donors (Lipinski definition) is 0. The summed E-state index contributed by atoms with van der Waals surface area (Å²) in [5, 5.41) is 0. The van der Waals surface area contributed by atoms with Gasteiger partial charge in [-0.1, -0.05) is 69.5 Å². The predicted octanol–water partition coefficient (Wildman–Crippen LogP) is 5.74. The van der Waals surface area contributed by atoms with Gasteiger partial charge in [0.15, 0.2) is 0 Å². The third-order valence-corrected chi connectivity index (χ3v) is 11.3.